The molecule has 1 aliphatic rings. The van der Waals surface area contributed by atoms with Crippen LogP contribution in [-0.2, 0) is 0 Å². The summed E-state index contributed by atoms with van der Waals surface area (Å²) in [5, 5.41) is 0. The van der Waals surface area contributed by atoms with E-state index in [1.165, 1.54) is 43.6 Å². The van der Waals surface area contributed by atoms with E-state index in [1.54, 1.807) is 12.4 Å². The van der Waals surface area contributed by atoms with Gasteiger partial charge in [-0.25, -0.2) is 0 Å². The molecule has 3 rings (SSSR count). The molecule has 1 aliphatic heterocycles. The third-order valence-electron chi connectivity index (χ3n) is 4.95. The fourth-order valence-corrected chi connectivity index (χ4v) is 3.51. The van der Waals surface area contributed by atoms with E-state index < -0.39 is 0 Å². The Hall–Kier alpha value is -2.49. The molecular weight excluding hydrogens is 320 g/mol. The van der Waals surface area contributed by atoms with Crippen molar-refractivity contribution in [3.05, 3.63) is 59.8 Å². The molecule has 0 saturated carbocycles. The van der Waals surface area contributed by atoms with Gasteiger partial charge in [-0.2, -0.15) is 0 Å². The third-order valence-corrected chi connectivity index (χ3v) is 4.95. The number of piperidine rings is 1. The number of nitrogens with zero attached hydrogens (tertiary/aromatic N) is 4. The van der Waals surface area contributed by atoms with E-state index in [1.807, 2.05) is 13.0 Å². The van der Waals surface area contributed by atoms with Gasteiger partial charge in [-0.3, -0.25) is 15.0 Å². The molecule has 2 aromatic heterocycles. The van der Waals surface area contributed by atoms with Gasteiger partial charge in [-0.15, -0.1) is 0 Å². The lowest BCUT2D eigenvalue weighted by molar-refractivity contribution is 0.293. The molecule has 0 amide bonds. The van der Waals surface area contributed by atoms with Crippen LogP contribution >= 0.6 is 0 Å². The summed E-state index contributed by atoms with van der Waals surface area (Å²) in [5.74, 6) is 0. The van der Waals surface area contributed by atoms with Crippen molar-refractivity contribution in [1.82, 2.24) is 19.9 Å². The Morgan fingerprint density at radius 2 is 1.85 bits per heavy atom. The average molecular weight is 348 g/mol. The SMILES string of the molecule is C/C=C(\C/C=C\C(=C/C)N1CCCCC1)c1cc2nccnc2c(C)n1. The van der Waals surface area contributed by atoms with Crippen molar-refractivity contribution in [3.63, 3.8) is 0 Å². The van der Waals surface area contributed by atoms with Crippen LogP contribution in [0.15, 0.2) is 48.5 Å². The first-order chi connectivity index (χ1) is 12.7. The van der Waals surface area contributed by atoms with E-state index in [2.05, 4.69) is 53.0 Å². The largest absolute Gasteiger partial charge is 0.372 e. The van der Waals surface area contributed by atoms with Gasteiger partial charge in [-0.05, 0) is 64.2 Å². The second-order valence-corrected chi connectivity index (χ2v) is 6.70. The Morgan fingerprint density at radius 3 is 2.58 bits per heavy atom. The molecule has 0 aromatic carbocycles. The molecule has 0 unspecified atom stereocenters. The number of allylic oxidation sites excluding steroid dienone is 5. The van der Waals surface area contributed by atoms with E-state index in [0.717, 1.165) is 28.8 Å². The van der Waals surface area contributed by atoms with E-state index in [4.69, 9.17) is 4.98 Å². The molecule has 1 fully saturated rings. The van der Waals surface area contributed by atoms with Crippen molar-refractivity contribution in [2.45, 2.75) is 46.5 Å². The van der Waals surface area contributed by atoms with Crippen molar-refractivity contribution in [2.24, 2.45) is 0 Å². The highest BCUT2D eigenvalue weighted by molar-refractivity contribution is 5.80. The van der Waals surface area contributed by atoms with Crippen LogP contribution in [0.5, 0.6) is 0 Å². The van der Waals surface area contributed by atoms with Gasteiger partial charge < -0.3 is 4.90 Å². The molecular formula is C22H28N4. The minimum atomic E-state index is 0.861. The van der Waals surface area contributed by atoms with Gasteiger partial charge in [0, 0.05) is 31.2 Å². The fraction of sp³-hybridized carbons (Fsp3) is 0.409. The Labute approximate surface area is 156 Å². The molecule has 136 valence electrons. The van der Waals surface area contributed by atoms with Gasteiger partial charge in [0.25, 0.3) is 0 Å². The summed E-state index contributed by atoms with van der Waals surface area (Å²) in [4.78, 5) is 16.1. The van der Waals surface area contributed by atoms with Crippen molar-refractivity contribution in [3.8, 4) is 0 Å². The first-order valence-electron chi connectivity index (χ1n) is 9.54. The molecule has 4 nitrogen and oxygen atoms in total. The van der Waals surface area contributed by atoms with Crippen LogP contribution in [0.2, 0.25) is 0 Å². The van der Waals surface area contributed by atoms with Crippen molar-refractivity contribution in [2.75, 3.05) is 13.1 Å². The minimum Gasteiger partial charge on any atom is -0.372 e. The lowest BCUT2D eigenvalue weighted by Gasteiger charge is -2.29. The maximum absolute atomic E-state index is 4.75. The number of rotatable bonds is 5. The lowest BCUT2D eigenvalue weighted by Crippen LogP contribution is -2.28. The van der Waals surface area contributed by atoms with Crippen molar-refractivity contribution < 1.29 is 0 Å². The zero-order valence-corrected chi connectivity index (χ0v) is 16.1. The van der Waals surface area contributed by atoms with Crippen LogP contribution in [0.25, 0.3) is 16.6 Å². The summed E-state index contributed by atoms with van der Waals surface area (Å²) in [6.07, 6.45) is 17.1. The highest BCUT2D eigenvalue weighted by atomic mass is 15.1. The van der Waals surface area contributed by atoms with Crippen molar-refractivity contribution in [1.29, 1.82) is 0 Å². The predicted octanol–water partition coefficient (Wildman–Crippen LogP) is 5.07. The first-order valence-corrected chi connectivity index (χ1v) is 9.54. The zero-order chi connectivity index (χ0) is 18.4. The number of pyridine rings is 1. The second kappa shape index (κ2) is 8.75. The molecule has 1 saturated heterocycles. The Kier molecular flexibility index (Phi) is 6.16. The highest BCUT2D eigenvalue weighted by Crippen LogP contribution is 2.22. The van der Waals surface area contributed by atoms with Gasteiger partial charge in [-0.1, -0.05) is 18.2 Å². The van der Waals surface area contributed by atoms with Crippen LogP contribution in [0, 0.1) is 6.92 Å². The zero-order valence-electron chi connectivity index (χ0n) is 16.1. The fourth-order valence-electron chi connectivity index (χ4n) is 3.51. The summed E-state index contributed by atoms with van der Waals surface area (Å²) in [7, 11) is 0. The van der Waals surface area contributed by atoms with Crippen LogP contribution < -0.4 is 0 Å². The van der Waals surface area contributed by atoms with E-state index in [-0.39, 0.29) is 0 Å². The topological polar surface area (TPSA) is 41.9 Å². The second-order valence-electron chi connectivity index (χ2n) is 6.70. The smallest absolute Gasteiger partial charge is 0.110 e. The lowest BCUT2D eigenvalue weighted by atomic mass is 10.1. The number of fused-ring (bicyclic) bond motifs is 1. The standard InChI is InChI=1S/C22H28N4/c1-4-18(10-9-11-19(5-2)26-14-7-6-8-15-26)20-16-21-22(17(3)25-20)24-13-12-23-21/h4-5,9,11-13,16H,6-8,10,14-15H2,1-3H3/b11-9-,18-4+,19-5+. The first kappa shape index (κ1) is 18.3. The van der Waals surface area contributed by atoms with Crippen molar-refractivity contribution >= 4 is 16.6 Å². The van der Waals surface area contributed by atoms with Gasteiger partial charge in [0.15, 0.2) is 0 Å². The Bertz CT molecular complexity index is 842. The Balaban J connectivity index is 1.75. The molecule has 0 radical (unpaired) electrons. The van der Waals surface area contributed by atoms with E-state index >= 15 is 0 Å². The molecule has 0 spiro atoms. The van der Waals surface area contributed by atoms with E-state index in [9.17, 15) is 0 Å². The maximum Gasteiger partial charge on any atom is 0.110 e. The van der Waals surface area contributed by atoms with Crippen LogP contribution in [0.4, 0.5) is 0 Å². The molecule has 3 heterocycles. The molecule has 0 aliphatic carbocycles. The summed E-state index contributed by atoms with van der Waals surface area (Å²) in [6.45, 7) is 8.53. The number of likely N-dealkylation sites (tertiary alicyclic amines) is 1. The van der Waals surface area contributed by atoms with E-state index in [0.29, 0.717) is 0 Å². The van der Waals surface area contributed by atoms with Gasteiger partial charge in [0.2, 0.25) is 0 Å². The van der Waals surface area contributed by atoms with Gasteiger partial charge in [0.1, 0.15) is 5.52 Å². The normalized spacial score (nSPS) is 16.7. The van der Waals surface area contributed by atoms with Crippen LogP contribution in [0.3, 0.4) is 0 Å². The summed E-state index contributed by atoms with van der Waals surface area (Å²) in [6, 6.07) is 2.04. The summed E-state index contributed by atoms with van der Waals surface area (Å²) < 4.78 is 0. The Morgan fingerprint density at radius 1 is 1.08 bits per heavy atom. The van der Waals surface area contributed by atoms with Gasteiger partial charge in [0.05, 0.1) is 16.9 Å². The number of aromatic nitrogens is 3. The molecule has 0 atom stereocenters. The molecule has 0 N–H and O–H groups in total. The quantitative estimate of drug-likeness (QED) is 0.707. The number of aryl methyl sites for hydroxylation is 1. The molecule has 4 heteroatoms. The molecule has 0 bridgehead atoms. The number of hydrogen-bond acceptors (Lipinski definition) is 4. The summed E-state index contributed by atoms with van der Waals surface area (Å²) >= 11 is 0. The number of hydrogen-bond donors (Lipinski definition) is 0. The van der Waals surface area contributed by atoms with Crippen LogP contribution in [-0.4, -0.2) is 32.9 Å². The monoisotopic (exact) mass is 348 g/mol. The third kappa shape index (κ3) is 4.18. The van der Waals surface area contributed by atoms with Crippen LogP contribution in [0.1, 0.15) is 50.9 Å². The maximum atomic E-state index is 4.75. The highest BCUT2D eigenvalue weighted by Gasteiger charge is 2.11. The molecule has 26 heavy (non-hydrogen) atoms. The molecule has 2 aromatic rings. The summed E-state index contributed by atoms with van der Waals surface area (Å²) in [5.41, 5.74) is 6.24. The average Bonchev–Trinajstić information content (AvgIpc) is 2.69. The van der Waals surface area contributed by atoms with Gasteiger partial charge >= 0.3 is 0 Å². The minimum absolute atomic E-state index is 0.861. The predicted molar refractivity (Wildman–Crippen MR) is 109 cm³/mol.